The number of hydrogen-bond acceptors (Lipinski definition) is 4. The van der Waals surface area contributed by atoms with Crippen molar-refractivity contribution in [1.82, 2.24) is 15.3 Å². The number of benzene rings is 1. The van der Waals surface area contributed by atoms with Crippen LogP contribution in [0.2, 0.25) is 5.02 Å². The molecule has 2 aromatic rings. The fourth-order valence-electron chi connectivity index (χ4n) is 2.09. The fraction of sp³-hybridized carbons (Fsp3) is 0.333. The molecule has 6 heteroatoms. The predicted octanol–water partition coefficient (Wildman–Crippen LogP) is 3.17. The molecule has 0 saturated heterocycles. The van der Waals surface area contributed by atoms with Crippen molar-refractivity contribution in [2.45, 2.75) is 19.4 Å². The Morgan fingerprint density at radius 2 is 2.14 bits per heavy atom. The zero-order valence-corrected chi connectivity index (χ0v) is 12.7. The third kappa shape index (κ3) is 4.12. The fourth-order valence-corrected chi connectivity index (χ4v) is 2.20. The minimum atomic E-state index is -0.412. The lowest BCUT2D eigenvalue weighted by Crippen LogP contribution is -2.24. The summed E-state index contributed by atoms with van der Waals surface area (Å²) in [6.45, 7) is 2.78. The lowest BCUT2D eigenvalue weighted by molar-refractivity contribution is 0.393. The van der Waals surface area contributed by atoms with E-state index in [0.717, 1.165) is 17.8 Å². The van der Waals surface area contributed by atoms with Crippen molar-refractivity contribution in [1.29, 1.82) is 0 Å². The Morgan fingerprint density at radius 1 is 1.33 bits per heavy atom. The molecule has 0 aliphatic heterocycles. The zero-order chi connectivity index (χ0) is 15.2. The Kier molecular flexibility index (Phi) is 5.47. The number of rotatable bonds is 6. The molecule has 112 valence electrons. The summed E-state index contributed by atoms with van der Waals surface area (Å²) < 4.78 is 18.7. The zero-order valence-electron chi connectivity index (χ0n) is 11.9. The second-order valence-electron chi connectivity index (χ2n) is 4.55. The van der Waals surface area contributed by atoms with Gasteiger partial charge in [0.1, 0.15) is 12.1 Å². The molecule has 0 saturated carbocycles. The quantitative estimate of drug-likeness (QED) is 0.890. The Hall–Kier alpha value is -1.72. The third-order valence-electron chi connectivity index (χ3n) is 3.10. The maximum Gasteiger partial charge on any atom is 0.216 e. The molecule has 0 fully saturated rings. The van der Waals surface area contributed by atoms with Gasteiger partial charge >= 0.3 is 0 Å². The van der Waals surface area contributed by atoms with Crippen molar-refractivity contribution in [3.05, 3.63) is 52.7 Å². The largest absolute Gasteiger partial charge is 0.481 e. The average molecular weight is 310 g/mol. The first-order chi connectivity index (χ1) is 10.1. The van der Waals surface area contributed by atoms with E-state index >= 15 is 0 Å². The first-order valence-corrected chi connectivity index (χ1v) is 7.05. The molecule has 4 nitrogen and oxygen atoms in total. The van der Waals surface area contributed by atoms with Gasteiger partial charge in [0, 0.05) is 6.07 Å². The van der Waals surface area contributed by atoms with E-state index in [1.807, 2.05) is 13.0 Å². The highest BCUT2D eigenvalue weighted by atomic mass is 35.5. The highest BCUT2D eigenvalue weighted by molar-refractivity contribution is 6.30. The highest BCUT2D eigenvalue weighted by Gasteiger charge is 2.15. The molecule has 0 radical (unpaired) electrons. The van der Waals surface area contributed by atoms with Gasteiger partial charge in [0.15, 0.2) is 0 Å². The minimum absolute atomic E-state index is 0.0486. The smallest absolute Gasteiger partial charge is 0.216 e. The van der Waals surface area contributed by atoms with Gasteiger partial charge < -0.3 is 10.1 Å². The van der Waals surface area contributed by atoms with E-state index in [1.165, 1.54) is 12.4 Å². The molecule has 1 unspecified atom stereocenters. The van der Waals surface area contributed by atoms with Crippen molar-refractivity contribution in [2.75, 3.05) is 13.7 Å². The summed E-state index contributed by atoms with van der Waals surface area (Å²) in [5.74, 6) is 0.0925. The van der Waals surface area contributed by atoms with Crippen LogP contribution < -0.4 is 10.1 Å². The van der Waals surface area contributed by atoms with Crippen molar-refractivity contribution < 1.29 is 9.13 Å². The van der Waals surface area contributed by atoms with E-state index in [4.69, 9.17) is 16.3 Å². The molecule has 0 aliphatic rings. The van der Waals surface area contributed by atoms with Gasteiger partial charge in [0.2, 0.25) is 5.88 Å². The van der Waals surface area contributed by atoms with E-state index in [9.17, 15) is 4.39 Å². The van der Waals surface area contributed by atoms with Gasteiger partial charge in [0.05, 0.1) is 23.9 Å². The van der Waals surface area contributed by atoms with Crippen LogP contribution in [-0.4, -0.2) is 23.6 Å². The molecule has 0 amide bonds. The number of methoxy groups -OCH3 is 1. The van der Waals surface area contributed by atoms with E-state index < -0.39 is 5.82 Å². The van der Waals surface area contributed by atoms with Gasteiger partial charge in [-0.15, -0.1) is 0 Å². The topological polar surface area (TPSA) is 47.0 Å². The minimum Gasteiger partial charge on any atom is -0.481 e. The molecule has 21 heavy (non-hydrogen) atoms. The summed E-state index contributed by atoms with van der Waals surface area (Å²) in [5, 5.41) is 3.46. The standard InChI is InChI=1S/C15H17ClFN3O/c1-3-18-13(14-8-15(21-2)20-9-19-14)7-10-4-5-11(16)12(17)6-10/h4-6,8-9,13,18H,3,7H2,1-2H3. The molecule has 1 aromatic heterocycles. The summed E-state index contributed by atoms with van der Waals surface area (Å²) in [5.41, 5.74) is 1.65. The highest BCUT2D eigenvalue weighted by Crippen LogP contribution is 2.22. The van der Waals surface area contributed by atoms with Crippen LogP contribution in [0.5, 0.6) is 5.88 Å². The van der Waals surface area contributed by atoms with Gasteiger partial charge in [-0.05, 0) is 30.7 Å². The van der Waals surface area contributed by atoms with Crippen LogP contribution in [0.3, 0.4) is 0 Å². The summed E-state index contributed by atoms with van der Waals surface area (Å²) in [6, 6.07) is 6.56. The van der Waals surface area contributed by atoms with Crippen LogP contribution in [0.4, 0.5) is 4.39 Å². The summed E-state index contributed by atoms with van der Waals surface area (Å²) in [7, 11) is 1.56. The molecule has 0 bridgehead atoms. The Balaban J connectivity index is 2.23. The third-order valence-corrected chi connectivity index (χ3v) is 3.41. The lowest BCUT2D eigenvalue weighted by Gasteiger charge is -2.18. The monoisotopic (exact) mass is 309 g/mol. The summed E-state index contributed by atoms with van der Waals surface area (Å²) in [6.07, 6.45) is 2.06. The van der Waals surface area contributed by atoms with E-state index in [0.29, 0.717) is 12.3 Å². The first-order valence-electron chi connectivity index (χ1n) is 6.67. The van der Waals surface area contributed by atoms with Crippen molar-refractivity contribution in [3.8, 4) is 5.88 Å². The molecule has 0 aliphatic carbocycles. The van der Waals surface area contributed by atoms with Crippen molar-refractivity contribution >= 4 is 11.6 Å². The van der Waals surface area contributed by atoms with Gasteiger partial charge in [-0.3, -0.25) is 0 Å². The number of nitrogens with zero attached hydrogens (tertiary/aromatic N) is 2. The maximum atomic E-state index is 13.5. The first kappa shape index (κ1) is 15.7. The van der Waals surface area contributed by atoms with Gasteiger partial charge in [-0.1, -0.05) is 24.6 Å². The van der Waals surface area contributed by atoms with E-state index in [2.05, 4.69) is 15.3 Å². The second-order valence-corrected chi connectivity index (χ2v) is 4.96. The number of aromatic nitrogens is 2. The van der Waals surface area contributed by atoms with Gasteiger partial charge in [-0.25, -0.2) is 14.4 Å². The Morgan fingerprint density at radius 3 is 2.81 bits per heavy atom. The van der Waals surface area contributed by atoms with Crippen LogP contribution in [0.25, 0.3) is 0 Å². The number of likely N-dealkylation sites (N-methyl/N-ethyl adjacent to an activating group) is 1. The molecule has 2 rings (SSSR count). The molecule has 1 N–H and O–H groups in total. The van der Waals surface area contributed by atoms with Gasteiger partial charge in [-0.2, -0.15) is 0 Å². The predicted molar refractivity (Wildman–Crippen MR) is 80.1 cm³/mol. The lowest BCUT2D eigenvalue weighted by atomic mass is 10.0. The van der Waals surface area contributed by atoms with Crippen molar-refractivity contribution in [3.63, 3.8) is 0 Å². The molecule has 0 spiro atoms. The number of hydrogen-bond donors (Lipinski definition) is 1. The van der Waals surface area contributed by atoms with Crippen LogP contribution in [0.1, 0.15) is 24.2 Å². The average Bonchev–Trinajstić information content (AvgIpc) is 2.50. The van der Waals surface area contributed by atoms with Crippen LogP contribution in [0, 0.1) is 5.82 Å². The Labute approximate surface area is 128 Å². The normalized spacial score (nSPS) is 12.2. The number of ether oxygens (including phenoxy) is 1. The molecule has 1 heterocycles. The molecule has 1 atom stereocenters. The number of nitrogens with one attached hydrogen (secondary N) is 1. The van der Waals surface area contributed by atoms with Crippen LogP contribution in [0.15, 0.2) is 30.6 Å². The summed E-state index contributed by atoms with van der Waals surface area (Å²) in [4.78, 5) is 8.26. The van der Waals surface area contributed by atoms with Crippen molar-refractivity contribution in [2.24, 2.45) is 0 Å². The van der Waals surface area contributed by atoms with Gasteiger partial charge in [0.25, 0.3) is 0 Å². The summed E-state index contributed by atoms with van der Waals surface area (Å²) >= 11 is 5.71. The molecule has 1 aromatic carbocycles. The molecular weight excluding hydrogens is 293 g/mol. The van der Waals surface area contributed by atoms with E-state index in [-0.39, 0.29) is 11.1 Å². The number of halogens is 2. The molecular formula is C15H17ClFN3O. The second kappa shape index (κ2) is 7.33. The Bertz CT molecular complexity index is 609. The maximum absolute atomic E-state index is 13.5. The van der Waals surface area contributed by atoms with Crippen LogP contribution in [-0.2, 0) is 6.42 Å². The SMILES string of the molecule is CCNC(Cc1ccc(Cl)c(F)c1)c1cc(OC)ncn1. The van der Waals surface area contributed by atoms with Crippen LogP contribution >= 0.6 is 11.6 Å². The van der Waals surface area contributed by atoms with E-state index in [1.54, 1.807) is 19.2 Å².